The fourth-order valence-corrected chi connectivity index (χ4v) is 2.39. The summed E-state index contributed by atoms with van der Waals surface area (Å²) in [5, 5.41) is 3.25. The molecule has 1 aromatic rings. The molecule has 1 heterocycles. The van der Waals surface area contributed by atoms with Crippen LogP contribution < -0.4 is 14.8 Å². The van der Waals surface area contributed by atoms with Gasteiger partial charge in [-0.2, -0.15) is 0 Å². The number of halogens is 1. The third-order valence-corrected chi connectivity index (χ3v) is 3.68. The molecule has 21 heavy (non-hydrogen) atoms. The van der Waals surface area contributed by atoms with Gasteiger partial charge in [-0.05, 0) is 32.0 Å². The molecule has 0 bridgehead atoms. The molecule has 1 aliphatic rings. The number of benzene rings is 1. The maximum atomic E-state index is 12.1. The van der Waals surface area contributed by atoms with Gasteiger partial charge < -0.3 is 19.7 Å². The molecular weight excluding hydrogens is 292 g/mol. The number of piperidine rings is 1. The Balaban J connectivity index is 0.00000220. The lowest BCUT2D eigenvalue weighted by molar-refractivity contribution is -0.134. The van der Waals surface area contributed by atoms with E-state index in [2.05, 4.69) is 5.32 Å². The molecule has 6 heteroatoms. The number of rotatable bonds is 5. The molecule has 1 amide bonds. The second-order valence-corrected chi connectivity index (χ2v) is 4.88. The molecule has 0 atom stereocenters. The molecule has 0 saturated carbocycles. The number of hydrogen-bond acceptors (Lipinski definition) is 4. The van der Waals surface area contributed by atoms with Crippen molar-refractivity contribution in [2.24, 2.45) is 0 Å². The summed E-state index contributed by atoms with van der Waals surface area (Å²) < 4.78 is 10.8. The van der Waals surface area contributed by atoms with E-state index < -0.39 is 0 Å². The van der Waals surface area contributed by atoms with Crippen molar-refractivity contribution in [2.45, 2.75) is 18.9 Å². The number of nitrogens with zero attached hydrogens (tertiary/aromatic N) is 1. The smallest absolute Gasteiger partial charge is 0.260 e. The van der Waals surface area contributed by atoms with E-state index in [0.29, 0.717) is 17.5 Å². The number of likely N-dealkylation sites (tertiary alicyclic amines) is 1. The maximum absolute atomic E-state index is 12.1. The first-order chi connectivity index (χ1) is 9.74. The minimum absolute atomic E-state index is 0. The Morgan fingerprint density at radius 1 is 1.29 bits per heavy atom. The molecule has 5 nitrogen and oxygen atoms in total. The minimum atomic E-state index is 0. The Morgan fingerprint density at radius 3 is 2.48 bits per heavy atom. The lowest BCUT2D eigenvalue weighted by Crippen LogP contribution is -2.45. The Labute approximate surface area is 132 Å². The highest BCUT2D eigenvalue weighted by atomic mass is 35.5. The zero-order valence-corrected chi connectivity index (χ0v) is 13.3. The van der Waals surface area contributed by atoms with Crippen molar-refractivity contribution >= 4 is 18.3 Å². The number of carbonyl (C=O) groups is 1. The predicted molar refractivity (Wildman–Crippen MR) is 84.4 cm³/mol. The molecule has 0 aliphatic carbocycles. The molecule has 0 aromatic heterocycles. The number of nitrogens with one attached hydrogen (secondary N) is 1. The summed E-state index contributed by atoms with van der Waals surface area (Å²) >= 11 is 0. The van der Waals surface area contributed by atoms with Crippen LogP contribution in [0.4, 0.5) is 0 Å². The highest BCUT2D eigenvalue weighted by Crippen LogP contribution is 2.25. The van der Waals surface area contributed by atoms with Crippen LogP contribution in [-0.4, -0.2) is 50.7 Å². The lowest BCUT2D eigenvalue weighted by Gasteiger charge is -2.31. The minimum Gasteiger partial charge on any atom is -0.493 e. The Bertz CT molecular complexity index is 448. The monoisotopic (exact) mass is 314 g/mol. The highest BCUT2D eigenvalue weighted by molar-refractivity contribution is 5.85. The van der Waals surface area contributed by atoms with Crippen LogP contribution in [0, 0.1) is 0 Å². The Morgan fingerprint density at radius 2 is 1.90 bits per heavy atom. The van der Waals surface area contributed by atoms with E-state index in [-0.39, 0.29) is 24.9 Å². The zero-order valence-electron chi connectivity index (χ0n) is 12.5. The van der Waals surface area contributed by atoms with Gasteiger partial charge in [-0.15, -0.1) is 12.4 Å². The van der Waals surface area contributed by atoms with E-state index in [4.69, 9.17) is 9.47 Å². The first-order valence-corrected chi connectivity index (χ1v) is 6.95. The molecule has 1 aromatic carbocycles. The average Bonchev–Trinajstić information content (AvgIpc) is 2.53. The first kappa shape index (κ1) is 17.6. The number of methoxy groups -OCH3 is 1. The predicted octanol–water partition coefficient (Wildman–Crippen LogP) is 1.71. The molecule has 1 fully saturated rings. The van der Waals surface area contributed by atoms with Crippen molar-refractivity contribution in [1.82, 2.24) is 10.2 Å². The quantitative estimate of drug-likeness (QED) is 0.899. The third-order valence-electron chi connectivity index (χ3n) is 3.68. The van der Waals surface area contributed by atoms with Gasteiger partial charge in [0.25, 0.3) is 5.91 Å². The third kappa shape index (κ3) is 4.79. The van der Waals surface area contributed by atoms with Crippen molar-refractivity contribution in [3.63, 3.8) is 0 Å². The summed E-state index contributed by atoms with van der Waals surface area (Å²) in [6.07, 6.45) is 1.99. The van der Waals surface area contributed by atoms with Crippen LogP contribution in [-0.2, 0) is 4.79 Å². The van der Waals surface area contributed by atoms with E-state index in [1.807, 2.05) is 30.1 Å². The molecule has 1 N–H and O–H groups in total. The number of ether oxygens (including phenoxy) is 2. The van der Waals surface area contributed by atoms with Gasteiger partial charge in [0, 0.05) is 19.1 Å². The second kappa shape index (κ2) is 8.74. The highest BCUT2D eigenvalue weighted by Gasteiger charge is 2.22. The standard InChI is InChI=1S/C15H22N2O3.ClH/c1-16-12-7-9-17(10-8-12)15(18)11-20-14-6-4-3-5-13(14)19-2;/h3-6,12,16H,7-11H2,1-2H3;1H. The molecule has 0 spiro atoms. The fraction of sp³-hybridized carbons (Fsp3) is 0.533. The summed E-state index contributed by atoms with van der Waals surface area (Å²) in [6.45, 7) is 1.64. The number of para-hydroxylation sites is 2. The van der Waals surface area contributed by atoms with E-state index in [1.54, 1.807) is 13.2 Å². The summed E-state index contributed by atoms with van der Waals surface area (Å²) in [7, 11) is 3.56. The van der Waals surface area contributed by atoms with Gasteiger partial charge in [0.05, 0.1) is 7.11 Å². The molecule has 0 unspecified atom stereocenters. The van der Waals surface area contributed by atoms with Gasteiger partial charge >= 0.3 is 0 Å². The van der Waals surface area contributed by atoms with Crippen LogP contribution in [0.25, 0.3) is 0 Å². The first-order valence-electron chi connectivity index (χ1n) is 6.95. The molecule has 0 radical (unpaired) electrons. The van der Waals surface area contributed by atoms with Crippen molar-refractivity contribution in [3.8, 4) is 11.5 Å². The van der Waals surface area contributed by atoms with E-state index in [0.717, 1.165) is 25.9 Å². The van der Waals surface area contributed by atoms with Gasteiger partial charge in [0.15, 0.2) is 18.1 Å². The van der Waals surface area contributed by atoms with Crippen LogP contribution in [0.1, 0.15) is 12.8 Å². The summed E-state index contributed by atoms with van der Waals surface area (Å²) in [5.41, 5.74) is 0. The van der Waals surface area contributed by atoms with E-state index in [9.17, 15) is 4.79 Å². The van der Waals surface area contributed by atoms with Crippen molar-refractivity contribution in [3.05, 3.63) is 24.3 Å². The van der Waals surface area contributed by atoms with Crippen LogP contribution in [0.15, 0.2) is 24.3 Å². The molecule has 1 saturated heterocycles. The van der Waals surface area contributed by atoms with Gasteiger partial charge in [-0.25, -0.2) is 0 Å². The summed E-state index contributed by atoms with van der Waals surface area (Å²) in [6, 6.07) is 7.88. The Hall–Kier alpha value is -1.46. The zero-order chi connectivity index (χ0) is 14.4. The van der Waals surface area contributed by atoms with Crippen molar-refractivity contribution < 1.29 is 14.3 Å². The summed E-state index contributed by atoms with van der Waals surface area (Å²) in [5.74, 6) is 1.29. The summed E-state index contributed by atoms with van der Waals surface area (Å²) in [4.78, 5) is 14.0. The SMILES string of the molecule is CNC1CCN(C(=O)COc2ccccc2OC)CC1.Cl. The number of carbonyl (C=O) groups excluding carboxylic acids is 1. The van der Waals surface area contributed by atoms with E-state index >= 15 is 0 Å². The maximum Gasteiger partial charge on any atom is 0.260 e. The van der Waals surface area contributed by atoms with Crippen LogP contribution in [0.5, 0.6) is 11.5 Å². The topological polar surface area (TPSA) is 50.8 Å². The van der Waals surface area contributed by atoms with Gasteiger partial charge in [-0.3, -0.25) is 4.79 Å². The lowest BCUT2D eigenvalue weighted by atomic mass is 10.1. The van der Waals surface area contributed by atoms with Crippen molar-refractivity contribution in [2.75, 3.05) is 33.9 Å². The van der Waals surface area contributed by atoms with Gasteiger partial charge in [-0.1, -0.05) is 12.1 Å². The molecule has 118 valence electrons. The van der Waals surface area contributed by atoms with Crippen LogP contribution in [0.3, 0.4) is 0 Å². The Kier molecular flexibility index (Phi) is 7.32. The van der Waals surface area contributed by atoms with E-state index in [1.165, 1.54) is 0 Å². The van der Waals surface area contributed by atoms with Crippen LogP contribution >= 0.6 is 12.4 Å². The molecule has 1 aliphatic heterocycles. The molecular formula is C15H23ClN2O3. The van der Waals surface area contributed by atoms with Crippen LogP contribution in [0.2, 0.25) is 0 Å². The fourth-order valence-electron chi connectivity index (χ4n) is 2.39. The van der Waals surface area contributed by atoms with Gasteiger partial charge in [0.1, 0.15) is 0 Å². The largest absolute Gasteiger partial charge is 0.493 e. The number of hydrogen-bond donors (Lipinski definition) is 1. The number of amides is 1. The van der Waals surface area contributed by atoms with Crippen molar-refractivity contribution in [1.29, 1.82) is 0 Å². The van der Waals surface area contributed by atoms with Gasteiger partial charge in [0.2, 0.25) is 0 Å². The average molecular weight is 315 g/mol. The molecule has 2 rings (SSSR count). The second-order valence-electron chi connectivity index (χ2n) is 4.88. The normalized spacial score (nSPS) is 15.2.